The fraction of sp³-hybridized carbons (Fsp3) is 0.571. The van der Waals surface area contributed by atoms with Gasteiger partial charge in [0.25, 0.3) is 5.91 Å². The van der Waals surface area contributed by atoms with E-state index in [-0.39, 0.29) is 24.1 Å². The molecule has 1 aromatic rings. The molecule has 3 fully saturated rings. The lowest BCUT2D eigenvalue weighted by molar-refractivity contribution is -0.136. The Morgan fingerprint density at radius 3 is 2.54 bits per heavy atom. The lowest BCUT2D eigenvalue weighted by Gasteiger charge is -2.46. The van der Waals surface area contributed by atoms with Crippen molar-refractivity contribution in [3.63, 3.8) is 0 Å². The van der Waals surface area contributed by atoms with Gasteiger partial charge in [-0.05, 0) is 36.5 Å². The zero-order chi connectivity index (χ0) is 19.3. The maximum atomic E-state index is 13.0. The van der Waals surface area contributed by atoms with Gasteiger partial charge in [-0.15, -0.1) is 0 Å². The molecule has 2 N–H and O–H groups in total. The van der Waals surface area contributed by atoms with E-state index in [1.54, 1.807) is 4.90 Å². The van der Waals surface area contributed by atoms with Crippen molar-refractivity contribution in [1.82, 2.24) is 20.4 Å². The van der Waals surface area contributed by atoms with Gasteiger partial charge >= 0.3 is 0 Å². The molecule has 28 heavy (non-hydrogen) atoms. The molecule has 3 amide bonds. The van der Waals surface area contributed by atoms with E-state index in [1.165, 1.54) is 19.3 Å². The summed E-state index contributed by atoms with van der Waals surface area (Å²) in [5, 5.41) is 5.72. The van der Waals surface area contributed by atoms with Gasteiger partial charge in [0.15, 0.2) is 0 Å². The topological polar surface area (TPSA) is 81.8 Å². The lowest BCUT2D eigenvalue weighted by Crippen LogP contribution is -2.60. The van der Waals surface area contributed by atoms with Crippen molar-refractivity contribution in [1.29, 1.82) is 0 Å². The second kappa shape index (κ2) is 6.97. The summed E-state index contributed by atoms with van der Waals surface area (Å²) >= 11 is 0. The van der Waals surface area contributed by atoms with Crippen LogP contribution in [0.2, 0.25) is 0 Å². The fourth-order valence-corrected chi connectivity index (χ4v) is 4.69. The average Bonchev–Trinajstić information content (AvgIpc) is 2.88. The van der Waals surface area contributed by atoms with Crippen LogP contribution in [0.3, 0.4) is 0 Å². The van der Waals surface area contributed by atoms with Gasteiger partial charge in [0, 0.05) is 50.2 Å². The second-order valence-corrected chi connectivity index (χ2v) is 8.46. The number of hydrogen-bond acceptors (Lipinski definition) is 5. The zero-order valence-electron chi connectivity index (χ0n) is 15.9. The fourth-order valence-electron chi connectivity index (χ4n) is 4.69. The maximum Gasteiger partial charge on any atom is 0.255 e. The minimum atomic E-state index is -0.548. The summed E-state index contributed by atoms with van der Waals surface area (Å²) in [4.78, 5) is 40.8. The van der Waals surface area contributed by atoms with Crippen LogP contribution in [0, 0.1) is 0 Å². The van der Waals surface area contributed by atoms with E-state index in [9.17, 15) is 14.4 Å². The highest BCUT2D eigenvalue weighted by Gasteiger charge is 2.39. The average molecular weight is 382 g/mol. The first-order chi connectivity index (χ1) is 13.6. The zero-order valence-corrected chi connectivity index (χ0v) is 15.9. The highest BCUT2D eigenvalue weighted by Crippen LogP contribution is 2.31. The van der Waals surface area contributed by atoms with E-state index in [1.807, 2.05) is 12.1 Å². The number of nitrogens with one attached hydrogen (secondary N) is 2. The van der Waals surface area contributed by atoms with Crippen molar-refractivity contribution in [2.75, 3.05) is 13.1 Å². The summed E-state index contributed by atoms with van der Waals surface area (Å²) in [5.41, 5.74) is 2.84. The summed E-state index contributed by atoms with van der Waals surface area (Å²) in [7, 11) is 0. The van der Waals surface area contributed by atoms with Crippen LogP contribution in [0.15, 0.2) is 18.2 Å². The Bertz CT molecular complexity index is 817. The second-order valence-electron chi connectivity index (χ2n) is 8.46. The van der Waals surface area contributed by atoms with Gasteiger partial charge in [-0.25, -0.2) is 0 Å². The van der Waals surface area contributed by atoms with Gasteiger partial charge in [0.05, 0.1) is 0 Å². The van der Waals surface area contributed by atoms with Crippen LogP contribution in [0.5, 0.6) is 0 Å². The van der Waals surface area contributed by atoms with E-state index in [0.717, 1.165) is 30.8 Å². The van der Waals surface area contributed by atoms with Crippen molar-refractivity contribution in [3.05, 3.63) is 34.9 Å². The Kier molecular flexibility index (Phi) is 4.44. The van der Waals surface area contributed by atoms with Crippen LogP contribution < -0.4 is 10.6 Å². The van der Waals surface area contributed by atoms with Crippen molar-refractivity contribution >= 4 is 17.7 Å². The number of rotatable bonds is 5. The van der Waals surface area contributed by atoms with Crippen LogP contribution in [-0.2, 0) is 22.7 Å². The van der Waals surface area contributed by atoms with Crippen molar-refractivity contribution < 1.29 is 14.4 Å². The predicted molar refractivity (Wildman–Crippen MR) is 102 cm³/mol. The third-order valence-corrected chi connectivity index (χ3v) is 6.73. The monoisotopic (exact) mass is 382 g/mol. The number of amides is 3. The smallest absolute Gasteiger partial charge is 0.255 e. The molecular weight excluding hydrogens is 356 g/mol. The van der Waals surface area contributed by atoms with Crippen LogP contribution in [0.25, 0.3) is 0 Å². The number of fused-ring (bicyclic) bond motifs is 1. The molecule has 1 unspecified atom stereocenters. The SMILES string of the molecule is O=C1CCC(N2Cc3ccc(CN(C4CCC4)C4CNC4)cc3C2=O)C(=O)N1. The van der Waals surface area contributed by atoms with Gasteiger partial charge in [0.2, 0.25) is 11.8 Å². The number of imide groups is 1. The minimum absolute atomic E-state index is 0.0909. The van der Waals surface area contributed by atoms with E-state index < -0.39 is 6.04 Å². The normalized spacial score (nSPS) is 25.5. The first-order valence-electron chi connectivity index (χ1n) is 10.3. The largest absolute Gasteiger partial charge is 0.322 e. The number of piperidine rings is 1. The third kappa shape index (κ3) is 3.02. The van der Waals surface area contributed by atoms with E-state index in [2.05, 4.69) is 21.6 Å². The lowest BCUT2D eigenvalue weighted by atomic mass is 9.89. The summed E-state index contributed by atoms with van der Waals surface area (Å²) in [5.74, 6) is -0.701. The van der Waals surface area contributed by atoms with Crippen molar-refractivity contribution in [2.24, 2.45) is 0 Å². The molecule has 1 aromatic carbocycles. The molecule has 148 valence electrons. The quantitative estimate of drug-likeness (QED) is 0.736. The van der Waals surface area contributed by atoms with Gasteiger partial charge in [-0.3, -0.25) is 24.6 Å². The molecule has 1 aliphatic carbocycles. The molecule has 4 aliphatic rings. The molecule has 1 atom stereocenters. The van der Waals surface area contributed by atoms with Crippen molar-refractivity contribution in [3.8, 4) is 0 Å². The van der Waals surface area contributed by atoms with Crippen molar-refractivity contribution in [2.45, 2.75) is 63.3 Å². The Morgan fingerprint density at radius 2 is 1.89 bits per heavy atom. The van der Waals surface area contributed by atoms with Crippen LogP contribution >= 0.6 is 0 Å². The Labute approximate surface area is 164 Å². The third-order valence-electron chi connectivity index (χ3n) is 6.73. The molecule has 0 radical (unpaired) electrons. The van der Waals surface area contributed by atoms with Gasteiger partial charge < -0.3 is 10.2 Å². The van der Waals surface area contributed by atoms with Gasteiger partial charge in [0.1, 0.15) is 6.04 Å². The highest BCUT2D eigenvalue weighted by atomic mass is 16.2. The molecular formula is C21H26N4O3. The molecule has 7 heteroatoms. The van der Waals surface area contributed by atoms with Gasteiger partial charge in [-0.2, -0.15) is 0 Å². The van der Waals surface area contributed by atoms with E-state index >= 15 is 0 Å². The summed E-state index contributed by atoms with van der Waals surface area (Å²) in [6, 6.07) is 6.88. The van der Waals surface area contributed by atoms with E-state index in [4.69, 9.17) is 0 Å². The number of benzene rings is 1. The Hall–Kier alpha value is -2.25. The molecule has 3 aliphatic heterocycles. The van der Waals surface area contributed by atoms with Crippen LogP contribution in [0.1, 0.15) is 53.6 Å². The molecule has 5 rings (SSSR count). The number of hydrogen-bond donors (Lipinski definition) is 2. The summed E-state index contributed by atoms with van der Waals surface area (Å²) in [6.07, 6.45) is 4.53. The Morgan fingerprint density at radius 1 is 1.07 bits per heavy atom. The molecule has 7 nitrogen and oxygen atoms in total. The van der Waals surface area contributed by atoms with Crippen LogP contribution in [0.4, 0.5) is 0 Å². The Balaban J connectivity index is 1.33. The minimum Gasteiger partial charge on any atom is -0.322 e. The predicted octanol–water partition coefficient (Wildman–Crippen LogP) is 0.774. The highest BCUT2D eigenvalue weighted by molar-refractivity contribution is 6.05. The molecule has 0 spiro atoms. The summed E-state index contributed by atoms with van der Waals surface area (Å²) < 4.78 is 0. The van der Waals surface area contributed by atoms with Crippen LogP contribution in [-0.4, -0.2) is 58.7 Å². The molecule has 3 heterocycles. The van der Waals surface area contributed by atoms with Gasteiger partial charge in [-0.1, -0.05) is 18.6 Å². The standard InChI is InChI=1S/C21H26N4O3/c26-19-7-6-18(20(27)23-19)25-12-14-5-4-13(8-17(14)21(25)28)11-24(15-2-1-3-15)16-9-22-10-16/h4-5,8,15-16,18,22H,1-3,6-7,9-12H2,(H,23,26,27). The first-order valence-corrected chi connectivity index (χ1v) is 10.3. The summed E-state index contributed by atoms with van der Waals surface area (Å²) in [6.45, 7) is 3.41. The number of carbonyl (C=O) groups is 3. The first kappa shape index (κ1) is 17.8. The number of nitrogens with zero attached hydrogens (tertiary/aromatic N) is 2. The molecule has 0 bridgehead atoms. The number of carbonyl (C=O) groups excluding carboxylic acids is 3. The molecule has 0 aromatic heterocycles. The van der Waals surface area contributed by atoms with E-state index in [0.29, 0.717) is 30.6 Å². The molecule has 2 saturated heterocycles. The molecule has 1 saturated carbocycles. The maximum absolute atomic E-state index is 13.0.